The third-order valence-corrected chi connectivity index (χ3v) is 4.27. The van der Waals surface area contributed by atoms with Gasteiger partial charge in [-0.05, 0) is 18.1 Å². The molecule has 92 valence electrons. The van der Waals surface area contributed by atoms with Gasteiger partial charge in [0.25, 0.3) is 0 Å². The van der Waals surface area contributed by atoms with Gasteiger partial charge in [0.2, 0.25) is 0 Å². The lowest BCUT2D eigenvalue weighted by Gasteiger charge is -2.40. The third-order valence-electron chi connectivity index (χ3n) is 4.27. The lowest BCUT2D eigenvalue weighted by atomic mass is 9.67. The molecule has 0 N–H and O–H groups in total. The minimum atomic E-state index is 0.0193. The maximum absolute atomic E-state index is 6.02. The molecule has 0 unspecified atom stereocenters. The largest absolute Gasteiger partial charge is 0.457 e. The van der Waals surface area contributed by atoms with Crippen molar-refractivity contribution < 1.29 is 4.74 Å². The van der Waals surface area contributed by atoms with Gasteiger partial charge in [-0.3, -0.25) is 0 Å². The summed E-state index contributed by atoms with van der Waals surface area (Å²) in [5, 5.41) is 0. The summed E-state index contributed by atoms with van der Waals surface area (Å²) in [6.45, 7) is 6.87. The Kier molecular flexibility index (Phi) is 2.44. The van der Waals surface area contributed by atoms with Gasteiger partial charge in [-0.2, -0.15) is 0 Å². The molecule has 0 amide bonds. The molecule has 0 aromatic heterocycles. The number of benzene rings is 2. The second kappa shape index (κ2) is 3.88. The fraction of sp³-hybridized carbons (Fsp3) is 0.294. The predicted molar refractivity (Wildman–Crippen MR) is 74.3 cm³/mol. The van der Waals surface area contributed by atoms with E-state index < -0.39 is 0 Å². The Morgan fingerprint density at radius 1 is 0.833 bits per heavy atom. The van der Waals surface area contributed by atoms with Crippen LogP contribution < -0.4 is 4.74 Å². The molecule has 0 saturated carbocycles. The van der Waals surface area contributed by atoms with Gasteiger partial charge < -0.3 is 4.74 Å². The average molecular weight is 238 g/mol. The normalized spacial score (nSPS) is 15.8. The van der Waals surface area contributed by atoms with Crippen LogP contribution in [0.15, 0.2) is 48.5 Å². The summed E-state index contributed by atoms with van der Waals surface area (Å²) >= 11 is 0. The molecule has 2 aromatic carbocycles. The van der Waals surface area contributed by atoms with Gasteiger partial charge in [0.1, 0.15) is 11.5 Å². The summed E-state index contributed by atoms with van der Waals surface area (Å²) < 4.78 is 6.02. The molecule has 0 spiro atoms. The summed E-state index contributed by atoms with van der Waals surface area (Å²) in [5.41, 5.74) is 2.60. The van der Waals surface area contributed by atoms with Gasteiger partial charge in [0.15, 0.2) is 0 Å². The molecule has 0 radical (unpaired) electrons. The van der Waals surface area contributed by atoms with Crippen LogP contribution in [0, 0.1) is 5.92 Å². The van der Waals surface area contributed by atoms with E-state index in [9.17, 15) is 0 Å². The molecular weight excluding hydrogens is 220 g/mol. The van der Waals surface area contributed by atoms with Crippen LogP contribution in [0.5, 0.6) is 11.5 Å². The monoisotopic (exact) mass is 238 g/mol. The van der Waals surface area contributed by atoms with Crippen LogP contribution in [0.1, 0.15) is 31.9 Å². The Morgan fingerprint density at radius 2 is 1.28 bits per heavy atom. The van der Waals surface area contributed by atoms with E-state index in [4.69, 9.17) is 4.74 Å². The van der Waals surface area contributed by atoms with Crippen molar-refractivity contribution in [2.45, 2.75) is 26.2 Å². The minimum absolute atomic E-state index is 0.0193. The van der Waals surface area contributed by atoms with Crippen LogP contribution >= 0.6 is 0 Å². The summed E-state index contributed by atoms with van der Waals surface area (Å²) in [4.78, 5) is 0. The summed E-state index contributed by atoms with van der Waals surface area (Å²) in [6.07, 6.45) is 0. The number of para-hydroxylation sites is 2. The molecule has 18 heavy (non-hydrogen) atoms. The first-order valence-corrected chi connectivity index (χ1v) is 6.51. The molecule has 1 aliphatic rings. The fourth-order valence-corrected chi connectivity index (χ4v) is 2.85. The zero-order valence-electron chi connectivity index (χ0n) is 11.1. The van der Waals surface area contributed by atoms with E-state index in [1.165, 1.54) is 11.1 Å². The second-order valence-corrected chi connectivity index (χ2v) is 5.45. The Hall–Kier alpha value is -1.76. The Balaban J connectivity index is 2.31. The first-order chi connectivity index (χ1) is 8.64. The quantitative estimate of drug-likeness (QED) is 0.696. The first-order valence-electron chi connectivity index (χ1n) is 6.51. The zero-order valence-corrected chi connectivity index (χ0v) is 11.1. The lowest BCUT2D eigenvalue weighted by Crippen LogP contribution is -2.33. The zero-order chi connectivity index (χ0) is 12.8. The molecular formula is C17H18O. The van der Waals surface area contributed by atoms with Crippen LogP contribution in [-0.4, -0.2) is 0 Å². The molecule has 1 heterocycles. The van der Waals surface area contributed by atoms with Crippen molar-refractivity contribution >= 4 is 0 Å². The number of hydrogen-bond donors (Lipinski definition) is 0. The Morgan fingerprint density at radius 3 is 1.72 bits per heavy atom. The maximum atomic E-state index is 6.02. The highest BCUT2D eigenvalue weighted by Gasteiger charge is 2.40. The number of rotatable bonds is 1. The highest BCUT2D eigenvalue weighted by atomic mass is 16.5. The van der Waals surface area contributed by atoms with Crippen molar-refractivity contribution in [3.8, 4) is 11.5 Å². The average Bonchev–Trinajstić information content (AvgIpc) is 2.39. The van der Waals surface area contributed by atoms with Gasteiger partial charge >= 0.3 is 0 Å². The van der Waals surface area contributed by atoms with Gasteiger partial charge in [-0.25, -0.2) is 0 Å². The van der Waals surface area contributed by atoms with Crippen molar-refractivity contribution in [1.29, 1.82) is 0 Å². The van der Waals surface area contributed by atoms with Crippen molar-refractivity contribution in [3.63, 3.8) is 0 Å². The SMILES string of the molecule is CC(C)C1(C)c2ccccc2Oc2ccccc21. The minimum Gasteiger partial charge on any atom is -0.457 e. The molecule has 2 aromatic rings. The first kappa shape index (κ1) is 11.3. The molecule has 1 nitrogen and oxygen atoms in total. The van der Waals surface area contributed by atoms with Gasteiger partial charge in [-0.1, -0.05) is 57.2 Å². The van der Waals surface area contributed by atoms with Crippen molar-refractivity contribution in [3.05, 3.63) is 59.7 Å². The van der Waals surface area contributed by atoms with Gasteiger partial charge in [-0.15, -0.1) is 0 Å². The summed E-state index contributed by atoms with van der Waals surface area (Å²) in [5.74, 6) is 2.50. The van der Waals surface area contributed by atoms with Crippen molar-refractivity contribution in [1.82, 2.24) is 0 Å². The molecule has 0 saturated heterocycles. The third kappa shape index (κ3) is 1.40. The van der Waals surface area contributed by atoms with Crippen LogP contribution in [0.3, 0.4) is 0 Å². The van der Waals surface area contributed by atoms with E-state index in [0.717, 1.165) is 11.5 Å². The van der Waals surface area contributed by atoms with Crippen LogP contribution in [0.2, 0.25) is 0 Å². The lowest BCUT2D eigenvalue weighted by molar-refractivity contribution is 0.341. The standard InChI is InChI=1S/C17H18O/c1-12(2)17(3)13-8-4-6-10-15(13)18-16-11-7-5-9-14(16)17/h4-12H,1-3H3. The van der Waals surface area contributed by atoms with E-state index in [2.05, 4.69) is 57.2 Å². The topological polar surface area (TPSA) is 9.23 Å². The fourth-order valence-electron chi connectivity index (χ4n) is 2.85. The van der Waals surface area contributed by atoms with E-state index in [0.29, 0.717) is 5.92 Å². The van der Waals surface area contributed by atoms with E-state index in [1.54, 1.807) is 0 Å². The Bertz CT molecular complexity index is 538. The number of hydrogen-bond acceptors (Lipinski definition) is 1. The van der Waals surface area contributed by atoms with Gasteiger partial charge in [0.05, 0.1) is 0 Å². The Labute approximate surface area is 108 Å². The molecule has 1 aliphatic heterocycles. The molecule has 0 aliphatic carbocycles. The van der Waals surface area contributed by atoms with Crippen LogP contribution in [-0.2, 0) is 5.41 Å². The number of fused-ring (bicyclic) bond motifs is 2. The maximum Gasteiger partial charge on any atom is 0.131 e. The van der Waals surface area contributed by atoms with Crippen molar-refractivity contribution in [2.24, 2.45) is 5.92 Å². The molecule has 0 atom stereocenters. The molecule has 1 heteroatoms. The highest BCUT2D eigenvalue weighted by Crippen LogP contribution is 2.51. The smallest absolute Gasteiger partial charge is 0.131 e. The molecule has 0 bridgehead atoms. The van der Waals surface area contributed by atoms with Crippen LogP contribution in [0.25, 0.3) is 0 Å². The summed E-state index contributed by atoms with van der Waals surface area (Å²) in [6, 6.07) is 16.8. The highest BCUT2D eigenvalue weighted by molar-refractivity contribution is 5.57. The van der Waals surface area contributed by atoms with Crippen molar-refractivity contribution in [2.75, 3.05) is 0 Å². The van der Waals surface area contributed by atoms with Gasteiger partial charge in [0, 0.05) is 16.5 Å². The summed E-state index contributed by atoms with van der Waals surface area (Å²) in [7, 11) is 0. The molecule has 0 fully saturated rings. The molecule has 3 rings (SSSR count). The predicted octanol–water partition coefficient (Wildman–Crippen LogP) is 4.75. The van der Waals surface area contributed by atoms with E-state index in [-0.39, 0.29) is 5.41 Å². The number of ether oxygens (including phenoxy) is 1. The van der Waals surface area contributed by atoms with E-state index in [1.807, 2.05) is 12.1 Å². The second-order valence-electron chi connectivity index (χ2n) is 5.45. The van der Waals surface area contributed by atoms with E-state index >= 15 is 0 Å². The van der Waals surface area contributed by atoms with Crippen LogP contribution in [0.4, 0.5) is 0 Å².